The maximum atomic E-state index is 12.9. The molecular weight excluding hydrogens is 332 g/mol. The summed E-state index contributed by atoms with van der Waals surface area (Å²) in [5.74, 6) is 0.584. The second-order valence-electron chi connectivity index (χ2n) is 6.64. The Balaban J connectivity index is 1.63. The van der Waals surface area contributed by atoms with Crippen LogP contribution in [0.1, 0.15) is 34.8 Å². The molecule has 0 aliphatic heterocycles. The molecule has 6 heteroatoms. The van der Waals surface area contributed by atoms with E-state index in [-0.39, 0.29) is 24.0 Å². The number of ether oxygens (including phenoxy) is 1. The number of pyridine rings is 1. The predicted octanol–water partition coefficient (Wildman–Crippen LogP) is 3.08. The van der Waals surface area contributed by atoms with Gasteiger partial charge in [-0.15, -0.1) is 0 Å². The van der Waals surface area contributed by atoms with Crippen molar-refractivity contribution in [2.24, 2.45) is 5.92 Å². The van der Waals surface area contributed by atoms with Crippen LogP contribution in [0.5, 0.6) is 5.75 Å². The molecular formula is C20H20N2O4. The maximum Gasteiger partial charge on any atom is 0.255 e. The topological polar surface area (TPSA) is 84.6 Å². The van der Waals surface area contributed by atoms with E-state index in [1.165, 1.54) is 6.26 Å². The lowest BCUT2D eigenvalue weighted by atomic mass is 9.75. The Morgan fingerprint density at radius 1 is 1.35 bits per heavy atom. The van der Waals surface area contributed by atoms with Crippen molar-refractivity contribution in [3.63, 3.8) is 0 Å². The molecule has 2 heterocycles. The van der Waals surface area contributed by atoms with E-state index in [1.807, 2.05) is 30.3 Å². The Bertz CT molecular complexity index is 930. The summed E-state index contributed by atoms with van der Waals surface area (Å²) in [6.45, 7) is 0. The normalized spacial score (nSPS) is 20.4. The van der Waals surface area contributed by atoms with Gasteiger partial charge >= 0.3 is 0 Å². The Hall–Kier alpha value is -2.86. The number of aliphatic hydroxyl groups excluding tert-OH is 1. The van der Waals surface area contributed by atoms with Gasteiger partial charge in [-0.3, -0.25) is 9.78 Å². The van der Waals surface area contributed by atoms with Crippen molar-refractivity contribution < 1.29 is 19.1 Å². The third-order valence-corrected chi connectivity index (χ3v) is 4.96. The third kappa shape index (κ3) is 3.04. The van der Waals surface area contributed by atoms with Crippen LogP contribution >= 0.6 is 0 Å². The van der Waals surface area contributed by atoms with E-state index in [4.69, 9.17) is 9.15 Å². The average Bonchev–Trinajstić information content (AvgIpc) is 3.08. The molecule has 0 bridgehead atoms. The van der Waals surface area contributed by atoms with Gasteiger partial charge in [0.05, 0.1) is 31.0 Å². The number of rotatable bonds is 5. The van der Waals surface area contributed by atoms with Crippen molar-refractivity contribution in [2.45, 2.75) is 25.0 Å². The highest BCUT2D eigenvalue weighted by molar-refractivity contribution is 6.06. The zero-order chi connectivity index (χ0) is 18.1. The minimum absolute atomic E-state index is 0.154. The number of amides is 1. The number of carbonyl (C=O) groups is 1. The smallest absolute Gasteiger partial charge is 0.255 e. The van der Waals surface area contributed by atoms with Gasteiger partial charge in [0.25, 0.3) is 5.91 Å². The van der Waals surface area contributed by atoms with E-state index < -0.39 is 0 Å². The van der Waals surface area contributed by atoms with Gasteiger partial charge in [0, 0.05) is 11.6 Å². The molecule has 1 aromatic carbocycles. The molecule has 26 heavy (non-hydrogen) atoms. The fourth-order valence-electron chi connectivity index (χ4n) is 3.47. The molecule has 0 unspecified atom stereocenters. The van der Waals surface area contributed by atoms with Crippen LogP contribution in [0.3, 0.4) is 0 Å². The molecule has 2 N–H and O–H groups in total. The third-order valence-electron chi connectivity index (χ3n) is 4.96. The molecule has 1 fully saturated rings. The van der Waals surface area contributed by atoms with E-state index in [2.05, 4.69) is 10.3 Å². The summed E-state index contributed by atoms with van der Waals surface area (Å²) in [4.78, 5) is 17.1. The molecule has 4 rings (SSSR count). The monoisotopic (exact) mass is 352 g/mol. The Morgan fingerprint density at radius 2 is 2.15 bits per heavy atom. The first-order valence-electron chi connectivity index (χ1n) is 8.60. The van der Waals surface area contributed by atoms with Crippen LogP contribution in [0.15, 0.2) is 53.4 Å². The number of carbonyl (C=O) groups excluding carboxylic acids is 1. The molecule has 1 atom stereocenters. The van der Waals surface area contributed by atoms with Gasteiger partial charge in [0.15, 0.2) is 0 Å². The van der Waals surface area contributed by atoms with Crippen molar-refractivity contribution >= 4 is 16.9 Å². The van der Waals surface area contributed by atoms with Crippen LogP contribution in [-0.2, 0) is 0 Å². The van der Waals surface area contributed by atoms with Gasteiger partial charge in [-0.2, -0.15) is 0 Å². The number of hydrogen-bond acceptors (Lipinski definition) is 5. The van der Waals surface area contributed by atoms with E-state index >= 15 is 0 Å². The molecule has 1 aliphatic rings. The average molecular weight is 352 g/mol. The lowest BCUT2D eigenvalue weighted by Gasteiger charge is -2.38. The second kappa shape index (κ2) is 6.80. The Labute approximate surface area is 150 Å². The van der Waals surface area contributed by atoms with Gasteiger partial charge in [-0.05, 0) is 36.5 Å². The first kappa shape index (κ1) is 16.6. The number of furan rings is 1. The van der Waals surface area contributed by atoms with Crippen LogP contribution < -0.4 is 10.1 Å². The van der Waals surface area contributed by atoms with Crippen LogP contribution in [0.25, 0.3) is 11.0 Å². The molecule has 0 saturated heterocycles. The standard InChI is InChI=1S/C20H20N2O4/c1-25-15-8-13(9-21-10-15)19(12-6-14(23)7-12)22-20(24)17-11-26-18-5-3-2-4-16(17)18/h2-5,8-12,14,19,23H,6-7H2,1H3,(H,22,24)/t12?,14?,19-/m0/s1. The van der Waals surface area contributed by atoms with Crippen molar-refractivity contribution in [1.29, 1.82) is 0 Å². The number of para-hydroxylation sites is 1. The number of nitrogens with one attached hydrogen (secondary N) is 1. The fraction of sp³-hybridized carbons (Fsp3) is 0.300. The van der Waals surface area contributed by atoms with E-state index in [0.29, 0.717) is 29.7 Å². The summed E-state index contributed by atoms with van der Waals surface area (Å²) >= 11 is 0. The number of hydrogen-bond donors (Lipinski definition) is 2. The zero-order valence-corrected chi connectivity index (χ0v) is 14.4. The van der Waals surface area contributed by atoms with Gasteiger partial charge in [0.1, 0.15) is 17.6 Å². The number of aliphatic hydroxyl groups is 1. The highest BCUT2D eigenvalue weighted by atomic mass is 16.5. The quantitative estimate of drug-likeness (QED) is 0.737. The summed E-state index contributed by atoms with van der Waals surface area (Å²) in [6.07, 6.45) is 5.82. The van der Waals surface area contributed by atoms with E-state index in [1.54, 1.807) is 19.5 Å². The number of aromatic nitrogens is 1. The van der Waals surface area contributed by atoms with Crippen molar-refractivity contribution in [2.75, 3.05) is 7.11 Å². The highest BCUT2D eigenvalue weighted by Crippen LogP contribution is 2.39. The van der Waals surface area contributed by atoms with Crippen molar-refractivity contribution in [3.8, 4) is 5.75 Å². The second-order valence-corrected chi connectivity index (χ2v) is 6.64. The maximum absolute atomic E-state index is 12.9. The summed E-state index contributed by atoms with van der Waals surface area (Å²) in [6, 6.07) is 9.06. The van der Waals surface area contributed by atoms with Crippen LogP contribution in [0.4, 0.5) is 0 Å². The lowest BCUT2D eigenvalue weighted by molar-refractivity contribution is 0.0234. The molecule has 2 aromatic heterocycles. The lowest BCUT2D eigenvalue weighted by Crippen LogP contribution is -2.41. The Morgan fingerprint density at radius 3 is 2.92 bits per heavy atom. The highest BCUT2D eigenvalue weighted by Gasteiger charge is 2.36. The first-order valence-corrected chi connectivity index (χ1v) is 8.60. The summed E-state index contributed by atoms with van der Waals surface area (Å²) < 4.78 is 10.7. The minimum Gasteiger partial charge on any atom is -0.495 e. The van der Waals surface area contributed by atoms with Crippen LogP contribution in [0, 0.1) is 5.92 Å². The number of methoxy groups -OCH3 is 1. The molecule has 1 saturated carbocycles. The van der Waals surface area contributed by atoms with Gasteiger partial charge in [-0.1, -0.05) is 18.2 Å². The number of fused-ring (bicyclic) bond motifs is 1. The van der Waals surface area contributed by atoms with Gasteiger partial charge < -0.3 is 19.6 Å². The molecule has 0 spiro atoms. The van der Waals surface area contributed by atoms with Crippen LogP contribution in [0.2, 0.25) is 0 Å². The fourth-order valence-corrected chi connectivity index (χ4v) is 3.47. The molecule has 134 valence electrons. The summed E-state index contributed by atoms with van der Waals surface area (Å²) in [7, 11) is 1.58. The summed E-state index contributed by atoms with van der Waals surface area (Å²) in [5, 5.41) is 13.6. The molecule has 3 aromatic rings. The van der Waals surface area contributed by atoms with E-state index in [9.17, 15) is 9.90 Å². The first-order chi connectivity index (χ1) is 12.7. The van der Waals surface area contributed by atoms with Gasteiger partial charge in [-0.25, -0.2) is 0 Å². The summed E-state index contributed by atoms with van der Waals surface area (Å²) in [5.41, 5.74) is 2.04. The zero-order valence-electron chi connectivity index (χ0n) is 14.4. The number of nitrogens with zero attached hydrogens (tertiary/aromatic N) is 1. The number of benzene rings is 1. The molecule has 1 aliphatic carbocycles. The SMILES string of the molecule is COc1cncc([C@@H](NC(=O)c2coc3ccccc23)C2CC(O)C2)c1. The van der Waals surface area contributed by atoms with Crippen LogP contribution in [-0.4, -0.2) is 29.2 Å². The molecule has 0 radical (unpaired) electrons. The van der Waals surface area contributed by atoms with E-state index in [0.717, 1.165) is 10.9 Å². The predicted molar refractivity (Wildman–Crippen MR) is 95.9 cm³/mol. The Kier molecular flexibility index (Phi) is 4.34. The van der Waals surface area contributed by atoms with Crippen molar-refractivity contribution in [3.05, 3.63) is 60.1 Å². The van der Waals surface area contributed by atoms with Crippen molar-refractivity contribution in [1.82, 2.24) is 10.3 Å². The van der Waals surface area contributed by atoms with Gasteiger partial charge in [0.2, 0.25) is 0 Å². The molecule has 1 amide bonds. The minimum atomic E-state index is -0.312. The molecule has 6 nitrogen and oxygen atoms in total. The largest absolute Gasteiger partial charge is 0.495 e.